The molecule has 2 heterocycles. The van der Waals surface area contributed by atoms with Crippen LogP contribution in [0.25, 0.3) is 32.7 Å². The molecule has 34 heavy (non-hydrogen) atoms. The fraction of sp³-hybridized carbons (Fsp3) is 0. The molecule has 162 valence electrons. The van der Waals surface area contributed by atoms with Crippen molar-refractivity contribution in [1.82, 2.24) is 0 Å². The zero-order valence-electron chi connectivity index (χ0n) is 18.3. The lowest BCUT2D eigenvalue weighted by atomic mass is 9.91. The van der Waals surface area contributed by atoms with Gasteiger partial charge in [0.05, 0.1) is 11.4 Å². The van der Waals surface area contributed by atoms with Gasteiger partial charge in [-0.15, -0.1) is 22.7 Å². The largest absolute Gasteiger partial charge is 0.255 e. The second-order valence-electron chi connectivity index (χ2n) is 7.91. The van der Waals surface area contributed by atoms with Gasteiger partial charge in [0, 0.05) is 33.3 Å². The Kier molecular flexibility index (Phi) is 5.60. The summed E-state index contributed by atoms with van der Waals surface area (Å²) in [5.74, 6) is 0. The van der Waals surface area contributed by atoms with Gasteiger partial charge >= 0.3 is 0 Å². The first kappa shape index (κ1) is 20.7. The molecule has 0 saturated heterocycles. The molecule has 0 aliphatic rings. The van der Waals surface area contributed by atoms with Crippen LogP contribution in [0.3, 0.4) is 0 Å². The molecule has 4 aromatic carbocycles. The van der Waals surface area contributed by atoms with Crippen LogP contribution in [0.15, 0.2) is 118 Å². The Hall–Kier alpha value is -3.86. The summed E-state index contributed by atoms with van der Waals surface area (Å²) >= 11 is 3.38. The maximum atomic E-state index is 4.97. The van der Waals surface area contributed by atoms with E-state index in [-0.39, 0.29) is 0 Å². The first-order valence-electron chi connectivity index (χ1n) is 11.1. The van der Waals surface area contributed by atoms with Crippen LogP contribution in [0.2, 0.25) is 0 Å². The van der Waals surface area contributed by atoms with Gasteiger partial charge in [-0.1, -0.05) is 72.8 Å². The van der Waals surface area contributed by atoms with E-state index in [1.165, 1.54) is 21.5 Å². The van der Waals surface area contributed by atoms with Crippen molar-refractivity contribution in [2.24, 2.45) is 9.98 Å². The molecule has 6 aromatic rings. The summed E-state index contributed by atoms with van der Waals surface area (Å²) in [6.45, 7) is 0. The Labute approximate surface area is 206 Å². The Balaban J connectivity index is 1.66. The van der Waals surface area contributed by atoms with Crippen LogP contribution < -0.4 is 0 Å². The fourth-order valence-corrected chi connectivity index (χ4v) is 5.43. The third kappa shape index (κ3) is 3.98. The molecule has 2 nitrogen and oxygen atoms in total. The van der Waals surface area contributed by atoms with Gasteiger partial charge in [-0.3, -0.25) is 9.98 Å². The molecule has 0 atom stereocenters. The standard InChI is InChI=1S/C30H20N2S2/c1-3-11-25-21(7-1)13-15-27(31-19-23-9-5-17-33-23)29(25)30-26-12-4-2-8-22(26)14-16-28(30)32-20-24-10-6-18-34-24/h1-20H. The maximum absolute atomic E-state index is 4.97. The molecule has 6 rings (SSSR count). The van der Waals surface area contributed by atoms with E-state index in [1.807, 2.05) is 12.4 Å². The van der Waals surface area contributed by atoms with Crippen LogP contribution in [0, 0.1) is 0 Å². The van der Waals surface area contributed by atoms with Gasteiger partial charge in [0.2, 0.25) is 0 Å². The van der Waals surface area contributed by atoms with Crippen LogP contribution in [-0.4, -0.2) is 12.4 Å². The Bertz CT molecular complexity index is 1520. The highest BCUT2D eigenvalue weighted by Crippen LogP contribution is 2.45. The summed E-state index contributed by atoms with van der Waals surface area (Å²) in [6.07, 6.45) is 3.91. The molecule has 0 spiro atoms. The highest BCUT2D eigenvalue weighted by molar-refractivity contribution is 7.12. The van der Waals surface area contributed by atoms with E-state index in [1.54, 1.807) is 22.7 Å². The van der Waals surface area contributed by atoms with Crippen molar-refractivity contribution in [1.29, 1.82) is 0 Å². The zero-order chi connectivity index (χ0) is 22.7. The highest BCUT2D eigenvalue weighted by atomic mass is 32.1. The van der Waals surface area contributed by atoms with Gasteiger partial charge in [-0.25, -0.2) is 0 Å². The molecule has 0 bridgehead atoms. The first-order valence-corrected chi connectivity index (χ1v) is 12.8. The van der Waals surface area contributed by atoms with Crippen molar-refractivity contribution in [3.63, 3.8) is 0 Å². The number of fused-ring (bicyclic) bond motifs is 2. The Morgan fingerprint density at radius 3 is 1.38 bits per heavy atom. The van der Waals surface area contributed by atoms with Crippen LogP contribution >= 0.6 is 22.7 Å². The molecule has 4 heteroatoms. The van der Waals surface area contributed by atoms with Crippen LogP contribution in [0.1, 0.15) is 9.75 Å². The lowest BCUT2D eigenvalue weighted by Crippen LogP contribution is -1.88. The minimum Gasteiger partial charge on any atom is -0.255 e. The molecule has 0 fully saturated rings. The summed E-state index contributed by atoms with van der Waals surface area (Å²) in [5.41, 5.74) is 4.11. The average molecular weight is 473 g/mol. The molecule has 0 aliphatic carbocycles. The summed E-state index contributed by atoms with van der Waals surface area (Å²) in [5, 5.41) is 8.87. The quantitative estimate of drug-likeness (QED) is 0.223. The number of hydrogen-bond donors (Lipinski definition) is 0. The Morgan fingerprint density at radius 2 is 0.941 bits per heavy atom. The minimum absolute atomic E-state index is 0.941. The second kappa shape index (κ2) is 9.18. The third-order valence-electron chi connectivity index (χ3n) is 5.81. The number of hydrogen-bond acceptors (Lipinski definition) is 4. The Morgan fingerprint density at radius 1 is 0.471 bits per heavy atom. The predicted octanol–water partition coefficient (Wildman–Crippen LogP) is 9.28. The van der Waals surface area contributed by atoms with Gasteiger partial charge in [0.15, 0.2) is 0 Å². The third-order valence-corrected chi connectivity index (χ3v) is 7.43. The summed E-state index contributed by atoms with van der Waals surface area (Å²) in [6, 6.07) is 33.9. The lowest BCUT2D eigenvalue weighted by Gasteiger charge is -2.16. The van der Waals surface area contributed by atoms with Crippen molar-refractivity contribution in [3.8, 4) is 11.1 Å². The molecular weight excluding hydrogens is 452 g/mol. The van der Waals surface area contributed by atoms with Gasteiger partial charge < -0.3 is 0 Å². The average Bonchev–Trinajstić information content (AvgIpc) is 3.60. The van der Waals surface area contributed by atoms with Gasteiger partial charge in [0.1, 0.15) is 0 Å². The van der Waals surface area contributed by atoms with E-state index >= 15 is 0 Å². The van der Waals surface area contributed by atoms with Crippen molar-refractivity contribution in [2.45, 2.75) is 0 Å². The zero-order valence-corrected chi connectivity index (χ0v) is 19.9. The van der Waals surface area contributed by atoms with Crippen molar-refractivity contribution in [2.75, 3.05) is 0 Å². The lowest BCUT2D eigenvalue weighted by molar-refractivity contribution is 1.52. The summed E-state index contributed by atoms with van der Waals surface area (Å²) in [7, 11) is 0. The smallest absolute Gasteiger partial charge is 0.0716 e. The number of benzene rings is 4. The first-order chi connectivity index (χ1) is 16.9. The van der Waals surface area contributed by atoms with Crippen molar-refractivity contribution >= 4 is 68.0 Å². The summed E-state index contributed by atoms with van der Waals surface area (Å²) in [4.78, 5) is 12.2. The van der Waals surface area contributed by atoms with Crippen LogP contribution in [0.4, 0.5) is 11.4 Å². The van der Waals surface area contributed by atoms with Gasteiger partial charge in [0.25, 0.3) is 0 Å². The molecular formula is C30H20N2S2. The topological polar surface area (TPSA) is 24.7 Å². The number of rotatable bonds is 5. The highest BCUT2D eigenvalue weighted by Gasteiger charge is 2.16. The molecule has 0 saturated carbocycles. The van der Waals surface area contributed by atoms with E-state index in [0.717, 1.165) is 32.3 Å². The van der Waals surface area contributed by atoms with E-state index in [2.05, 4.69) is 108 Å². The predicted molar refractivity (Wildman–Crippen MR) is 150 cm³/mol. The van der Waals surface area contributed by atoms with Gasteiger partial charge in [-0.05, 0) is 56.6 Å². The van der Waals surface area contributed by atoms with E-state index in [0.29, 0.717) is 0 Å². The van der Waals surface area contributed by atoms with Crippen molar-refractivity contribution < 1.29 is 0 Å². The maximum Gasteiger partial charge on any atom is 0.0716 e. The second-order valence-corrected chi connectivity index (χ2v) is 9.87. The SMILES string of the molecule is C(=Nc1ccc2ccccc2c1-c1c(N=Cc2cccs2)ccc2ccccc12)c1cccs1. The molecule has 0 N–H and O–H groups in total. The van der Waals surface area contributed by atoms with Crippen molar-refractivity contribution in [3.05, 3.63) is 118 Å². The number of thiophene rings is 2. The number of nitrogens with zero attached hydrogens (tertiary/aromatic N) is 2. The number of aliphatic imine (C=N–C) groups is 2. The normalized spacial score (nSPS) is 11.9. The van der Waals surface area contributed by atoms with Crippen LogP contribution in [0.5, 0.6) is 0 Å². The fourth-order valence-electron chi connectivity index (χ4n) is 4.26. The molecule has 0 unspecified atom stereocenters. The molecule has 0 aliphatic heterocycles. The van der Waals surface area contributed by atoms with E-state index in [9.17, 15) is 0 Å². The van der Waals surface area contributed by atoms with E-state index < -0.39 is 0 Å². The summed E-state index contributed by atoms with van der Waals surface area (Å²) < 4.78 is 0. The monoisotopic (exact) mass is 472 g/mol. The van der Waals surface area contributed by atoms with Crippen LogP contribution in [-0.2, 0) is 0 Å². The van der Waals surface area contributed by atoms with E-state index in [4.69, 9.17) is 9.98 Å². The minimum atomic E-state index is 0.941. The molecule has 0 amide bonds. The van der Waals surface area contributed by atoms with Gasteiger partial charge in [-0.2, -0.15) is 0 Å². The molecule has 0 radical (unpaired) electrons. The molecule has 2 aromatic heterocycles.